The van der Waals surface area contributed by atoms with Crippen molar-refractivity contribution in [3.8, 4) is 0 Å². The second-order valence-electron chi connectivity index (χ2n) is 6.24. The van der Waals surface area contributed by atoms with E-state index in [2.05, 4.69) is 34.0 Å². The minimum atomic E-state index is 0.347. The summed E-state index contributed by atoms with van der Waals surface area (Å²) < 4.78 is 0. The average Bonchev–Trinajstić information content (AvgIpc) is 3.16. The molecule has 0 radical (unpaired) electrons. The summed E-state index contributed by atoms with van der Waals surface area (Å²) in [5.74, 6) is 0.955. The number of aromatic nitrogens is 2. The van der Waals surface area contributed by atoms with Crippen LogP contribution in [-0.2, 0) is 0 Å². The zero-order valence-electron chi connectivity index (χ0n) is 14.7. The fourth-order valence-corrected chi connectivity index (χ4v) is 4.61. The zero-order chi connectivity index (χ0) is 16.9. The molecular weight excluding hydrogens is 340 g/mol. The number of rotatable bonds is 4. The van der Waals surface area contributed by atoms with Crippen LogP contribution in [0.3, 0.4) is 0 Å². The molecule has 2 aliphatic rings. The average molecular weight is 367 g/mol. The van der Waals surface area contributed by atoms with Gasteiger partial charge in [0.25, 0.3) is 0 Å². The summed E-state index contributed by atoms with van der Waals surface area (Å²) in [6.07, 6.45) is 7.29. The Balaban J connectivity index is 1.89. The number of thioether (sulfide) groups is 1. The Morgan fingerprint density at radius 3 is 2.67 bits per heavy atom. The molecule has 0 aliphatic carbocycles. The van der Waals surface area contributed by atoms with Gasteiger partial charge in [-0.15, -0.1) is 10.2 Å². The highest BCUT2D eigenvalue weighted by Crippen LogP contribution is 2.32. The number of guanidine groups is 1. The summed E-state index contributed by atoms with van der Waals surface area (Å²) in [4.78, 5) is 7.25. The van der Waals surface area contributed by atoms with Crippen molar-refractivity contribution in [3.05, 3.63) is 5.01 Å². The van der Waals surface area contributed by atoms with E-state index in [1.54, 1.807) is 11.3 Å². The van der Waals surface area contributed by atoms with Crippen LogP contribution in [0, 0.1) is 6.92 Å². The Bertz CT molecular complexity index is 605. The maximum absolute atomic E-state index is 4.87. The van der Waals surface area contributed by atoms with Crippen molar-refractivity contribution in [1.82, 2.24) is 20.1 Å². The first-order valence-corrected chi connectivity index (χ1v) is 10.5. The Labute approximate surface area is 152 Å². The number of likely N-dealkylation sites (tertiary alicyclic amines) is 1. The smallest absolute Gasteiger partial charge is 0.234 e. The van der Waals surface area contributed by atoms with E-state index in [1.165, 1.54) is 32.1 Å². The lowest BCUT2D eigenvalue weighted by atomic mass is 10.1. The molecule has 1 saturated heterocycles. The lowest BCUT2D eigenvalue weighted by Crippen LogP contribution is -2.46. The second kappa shape index (κ2) is 8.29. The number of hydrogen-bond donors (Lipinski definition) is 0. The first kappa shape index (κ1) is 17.7. The second-order valence-corrected chi connectivity index (χ2v) is 8.77. The molecule has 0 saturated carbocycles. The van der Waals surface area contributed by atoms with Gasteiger partial charge < -0.3 is 4.90 Å². The van der Waals surface area contributed by atoms with Crippen LogP contribution in [0.5, 0.6) is 0 Å². The van der Waals surface area contributed by atoms with E-state index in [9.17, 15) is 0 Å². The molecule has 1 atom stereocenters. The summed E-state index contributed by atoms with van der Waals surface area (Å²) in [6.45, 7) is 8.39. The van der Waals surface area contributed by atoms with Crippen LogP contribution in [0.4, 0.5) is 5.13 Å². The van der Waals surface area contributed by atoms with E-state index in [0.29, 0.717) is 5.37 Å². The fourth-order valence-electron chi connectivity index (χ4n) is 3.00. The normalized spacial score (nSPS) is 22.2. The summed E-state index contributed by atoms with van der Waals surface area (Å²) >= 11 is 3.40. The van der Waals surface area contributed by atoms with Crippen LogP contribution in [0.25, 0.3) is 0 Å². The summed E-state index contributed by atoms with van der Waals surface area (Å²) in [5, 5.41) is 18.4. The molecule has 6 nitrogen and oxygen atoms in total. The molecule has 0 amide bonds. The molecule has 132 valence electrons. The molecule has 1 aromatic heterocycles. The van der Waals surface area contributed by atoms with Crippen LogP contribution in [0.15, 0.2) is 10.1 Å². The molecular formula is C16H26N6S2. The first-order valence-electron chi connectivity index (χ1n) is 8.82. The van der Waals surface area contributed by atoms with Gasteiger partial charge >= 0.3 is 0 Å². The topological polar surface area (TPSA) is 57.0 Å². The van der Waals surface area contributed by atoms with Gasteiger partial charge in [-0.1, -0.05) is 42.9 Å². The maximum Gasteiger partial charge on any atom is 0.234 e. The third-order valence-corrected chi connectivity index (χ3v) is 6.05. The largest absolute Gasteiger partial charge is 0.341 e. The van der Waals surface area contributed by atoms with E-state index in [0.717, 1.165) is 40.7 Å². The highest BCUT2D eigenvalue weighted by Gasteiger charge is 2.32. The fraction of sp³-hybridized carbons (Fsp3) is 0.750. The predicted molar refractivity (Wildman–Crippen MR) is 103 cm³/mol. The highest BCUT2D eigenvalue weighted by atomic mass is 32.2. The Morgan fingerprint density at radius 1 is 1.21 bits per heavy atom. The third-order valence-electron chi connectivity index (χ3n) is 4.19. The molecule has 1 fully saturated rings. The number of piperidine rings is 1. The van der Waals surface area contributed by atoms with Gasteiger partial charge in [0, 0.05) is 13.1 Å². The quantitative estimate of drug-likeness (QED) is 0.590. The van der Waals surface area contributed by atoms with E-state index >= 15 is 0 Å². The van der Waals surface area contributed by atoms with Crippen molar-refractivity contribution in [3.63, 3.8) is 0 Å². The van der Waals surface area contributed by atoms with Crippen LogP contribution in [-0.4, -0.2) is 49.6 Å². The molecule has 8 heteroatoms. The maximum atomic E-state index is 4.87. The molecule has 0 aromatic carbocycles. The third kappa shape index (κ3) is 4.27. The summed E-state index contributed by atoms with van der Waals surface area (Å²) in [6, 6.07) is 0. The molecule has 3 rings (SSSR count). The summed E-state index contributed by atoms with van der Waals surface area (Å²) in [5.41, 5.74) is 0. The number of nitrogens with zero attached hydrogens (tertiary/aromatic N) is 6. The van der Waals surface area contributed by atoms with Crippen molar-refractivity contribution in [1.29, 1.82) is 0 Å². The van der Waals surface area contributed by atoms with Crippen molar-refractivity contribution in [2.75, 3.05) is 13.1 Å². The zero-order valence-corrected chi connectivity index (χ0v) is 16.4. The minimum Gasteiger partial charge on any atom is -0.341 e. The standard InChI is InChI=1S/C16H26N6S2/c1-4-5-9-14-22(20-13(3)23-14)16(21-10-7-6-8-11-21)17-15-19-18-12(2)24-15/h14H,4-11H2,1-3H3/b17-16-. The van der Waals surface area contributed by atoms with Crippen molar-refractivity contribution in [2.24, 2.45) is 10.1 Å². The van der Waals surface area contributed by atoms with Gasteiger partial charge in [-0.25, -0.2) is 5.01 Å². The van der Waals surface area contributed by atoms with E-state index < -0.39 is 0 Å². The molecule has 24 heavy (non-hydrogen) atoms. The van der Waals surface area contributed by atoms with Gasteiger partial charge in [0.15, 0.2) is 0 Å². The molecule has 1 unspecified atom stereocenters. The summed E-state index contributed by atoms with van der Waals surface area (Å²) in [7, 11) is 0. The van der Waals surface area contributed by atoms with Gasteiger partial charge in [-0.05, 0) is 39.5 Å². The molecule has 0 spiro atoms. The monoisotopic (exact) mass is 366 g/mol. The number of aryl methyl sites for hydroxylation is 1. The lowest BCUT2D eigenvalue weighted by Gasteiger charge is -2.34. The van der Waals surface area contributed by atoms with Gasteiger partial charge in [-0.2, -0.15) is 10.1 Å². The number of hydrazone groups is 1. The van der Waals surface area contributed by atoms with E-state index in [-0.39, 0.29) is 0 Å². The Kier molecular flexibility index (Phi) is 6.10. The van der Waals surface area contributed by atoms with E-state index in [4.69, 9.17) is 10.1 Å². The Hall–Kier alpha value is -1.15. The van der Waals surface area contributed by atoms with E-state index in [1.807, 2.05) is 18.7 Å². The number of aliphatic imine (C=N–C) groups is 1. The molecule has 3 heterocycles. The van der Waals surface area contributed by atoms with Crippen LogP contribution >= 0.6 is 23.1 Å². The predicted octanol–water partition coefficient (Wildman–Crippen LogP) is 4.22. The van der Waals surface area contributed by atoms with Gasteiger partial charge in [0.2, 0.25) is 11.1 Å². The van der Waals surface area contributed by atoms with Gasteiger partial charge in [0.05, 0.1) is 5.04 Å². The van der Waals surface area contributed by atoms with Gasteiger partial charge in [0.1, 0.15) is 10.4 Å². The van der Waals surface area contributed by atoms with Crippen LogP contribution in [0.1, 0.15) is 57.4 Å². The van der Waals surface area contributed by atoms with Gasteiger partial charge in [-0.3, -0.25) is 0 Å². The van der Waals surface area contributed by atoms with Crippen LogP contribution < -0.4 is 0 Å². The first-order chi connectivity index (χ1) is 11.7. The molecule has 2 aliphatic heterocycles. The minimum absolute atomic E-state index is 0.347. The van der Waals surface area contributed by atoms with Crippen molar-refractivity contribution < 1.29 is 0 Å². The van der Waals surface area contributed by atoms with Crippen molar-refractivity contribution >= 4 is 39.2 Å². The Morgan fingerprint density at radius 2 is 2.00 bits per heavy atom. The number of unbranched alkanes of at least 4 members (excludes halogenated alkanes) is 1. The highest BCUT2D eigenvalue weighted by molar-refractivity contribution is 8.14. The SMILES string of the molecule is CCCCC1SC(C)=NN1/C(=N\c1nnc(C)s1)N1CCCCC1. The molecule has 0 N–H and O–H groups in total. The molecule has 0 bridgehead atoms. The van der Waals surface area contributed by atoms with Crippen molar-refractivity contribution in [2.45, 2.75) is 64.7 Å². The lowest BCUT2D eigenvalue weighted by molar-refractivity contribution is 0.275. The van der Waals surface area contributed by atoms with Crippen LogP contribution in [0.2, 0.25) is 0 Å². The number of hydrogen-bond acceptors (Lipinski definition) is 6. The molecule has 1 aromatic rings.